The summed E-state index contributed by atoms with van der Waals surface area (Å²) in [6.07, 6.45) is 4.46. The second-order valence-corrected chi connectivity index (χ2v) is 3.67. The van der Waals surface area contributed by atoms with Crippen molar-refractivity contribution < 1.29 is 4.79 Å². The third kappa shape index (κ3) is 2.70. The van der Waals surface area contributed by atoms with E-state index < -0.39 is 0 Å². The van der Waals surface area contributed by atoms with Crippen LogP contribution >= 0.6 is 11.6 Å². The first-order valence-electron chi connectivity index (χ1n) is 4.11. The van der Waals surface area contributed by atoms with Crippen molar-refractivity contribution in [3.63, 3.8) is 0 Å². The van der Waals surface area contributed by atoms with Crippen molar-refractivity contribution in [1.29, 1.82) is 0 Å². The second kappa shape index (κ2) is 3.96. The summed E-state index contributed by atoms with van der Waals surface area (Å²) in [6.45, 7) is 1.54. The Morgan fingerprint density at radius 2 is 2.09 bits per heavy atom. The maximum atomic E-state index is 10.7. The van der Waals surface area contributed by atoms with Gasteiger partial charge in [-0.2, -0.15) is 0 Å². The minimum atomic E-state index is 0.0301. The lowest BCUT2D eigenvalue weighted by Gasteiger charge is -2.27. The van der Waals surface area contributed by atoms with Crippen LogP contribution in [-0.4, -0.2) is 17.3 Å². The molecule has 64 valence electrons. The molecule has 0 heterocycles. The smallest absolute Gasteiger partial charge is 0.217 e. The van der Waals surface area contributed by atoms with Gasteiger partial charge in [0.2, 0.25) is 5.91 Å². The maximum Gasteiger partial charge on any atom is 0.217 e. The number of halogens is 1. The highest BCUT2D eigenvalue weighted by molar-refractivity contribution is 6.21. The lowest BCUT2D eigenvalue weighted by molar-refractivity contribution is -0.119. The van der Waals surface area contributed by atoms with Gasteiger partial charge in [0.25, 0.3) is 0 Å². The van der Waals surface area contributed by atoms with Gasteiger partial charge in [0, 0.05) is 13.0 Å². The summed E-state index contributed by atoms with van der Waals surface area (Å²) in [7, 11) is 0. The van der Waals surface area contributed by atoms with Crippen LogP contribution in [0.2, 0.25) is 0 Å². The van der Waals surface area contributed by atoms with E-state index in [9.17, 15) is 4.79 Å². The van der Waals surface area contributed by atoms with Gasteiger partial charge in [0.1, 0.15) is 0 Å². The maximum absolute atomic E-state index is 10.7. The number of carbonyl (C=O) groups is 1. The molecule has 1 rings (SSSR count). The molecule has 2 atom stereocenters. The van der Waals surface area contributed by atoms with Gasteiger partial charge in [-0.15, -0.1) is 11.6 Å². The molecule has 1 aliphatic rings. The lowest BCUT2D eigenvalue weighted by Crippen LogP contribution is -2.41. The van der Waals surface area contributed by atoms with E-state index in [0.29, 0.717) is 0 Å². The Balaban J connectivity index is 2.35. The van der Waals surface area contributed by atoms with Crippen LogP contribution in [0.1, 0.15) is 32.6 Å². The summed E-state index contributed by atoms with van der Waals surface area (Å²) in [4.78, 5) is 10.7. The van der Waals surface area contributed by atoms with E-state index in [0.717, 1.165) is 12.8 Å². The molecule has 1 amide bonds. The zero-order valence-corrected chi connectivity index (χ0v) is 7.53. The van der Waals surface area contributed by atoms with Gasteiger partial charge in [-0.1, -0.05) is 12.8 Å². The van der Waals surface area contributed by atoms with Crippen LogP contribution in [0.15, 0.2) is 0 Å². The fraction of sp³-hybridized carbons (Fsp3) is 0.875. The van der Waals surface area contributed by atoms with Crippen LogP contribution in [0.3, 0.4) is 0 Å². The normalized spacial score (nSPS) is 31.5. The first kappa shape index (κ1) is 8.85. The average molecular weight is 176 g/mol. The van der Waals surface area contributed by atoms with Crippen LogP contribution in [0, 0.1) is 0 Å². The SMILES string of the molecule is CC(=O)N[C@H]1CCCC[C@H]1Cl. The van der Waals surface area contributed by atoms with Crippen LogP contribution in [-0.2, 0) is 4.79 Å². The molecule has 1 N–H and O–H groups in total. The third-order valence-corrected chi connectivity index (χ3v) is 2.59. The van der Waals surface area contributed by atoms with Gasteiger partial charge in [-0.25, -0.2) is 0 Å². The number of rotatable bonds is 1. The van der Waals surface area contributed by atoms with Crippen LogP contribution in [0.4, 0.5) is 0 Å². The van der Waals surface area contributed by atoms with Gasteiger partial charge < -0.3 is 5.32 Å². The molecule has 0 saturated heterocycles. The Morgan fingerprint density at radius 3 is 2.64 bits per heavy atom. The molecule has 11 heavy (non-hydrogen) atoms. The van der Waals surface area contributed by atoms with Crippen molar-refractivity contribution in [2.45, 2.75) is 44.0 Å². The average Bonchev–Trinajstić information content (AvgIpc) is 1.93. The molecule has 3 heteroatoms. The monoisotopic (exact) mass is 175 g/mol. The highest BCUT2D eigenvalue weighted by Gasteiger charge is 2.23. The second-order valence-electron chi connectivity index (χ2n) is 3.11. The van der Waals surface area contributed by atoms with Crippen molar-refractivity contribution in [2.24, 2.45) is 0 Å². The van der Waals surface area contributed by atoms with Gasteiger partial charge in [0.05, 0.1) is 5.38 Å². The summed E-state index contributed by atoms with van der Waals surface area (Å²) in [5.74, 6) is 0.0301. The van der Waals surface area contributed by atoms with Gasteiger partial charge in [0.15, 0.2) is 0 Å². The number of alkyl halides is 1. The summed E-state index contributed by atoms with van der Waals surface area (Å²) in [5, 5.41) is 3.01. The fourth-order valence-corrected chi connectivity index (χ4v) is 1.85. The van der Waals surface area contributed by atoms with Crippen LogP contribution < -0.4 is 5.32 Å². The Morgan fingerprint density at radius 1 is 1.45 bits per heavy atom. The van der Waals surface area contributed by atoms with E-state index in [2.05, 4.69) is 5.32 Å². The van der Waals surface area contributed by atoms with E-state index in [4.69, 9.17) is 11.6 Å². The zero-order chi connectivity index (χ0) is 8.27. The van der Waals surface area contributed by atoms with Crippen molar-refractivity contribution in [3.8, 4) is 0 Å². The summed E-state index contributed by atoms with van der Waals surface area (Å²) >= 11 is 6.01. The molecule has 1 fully saturated rings. The molecular weight excluding hydrogens is 162 g/mol. The molecule has 0 spiro atoms. The largest absolute Gasteiger partial charge is 0.352 e. The fourth-order valence-electron chi connectivity index (χ4n) is 1.51. The van der Waals surface area contributed by atoms with Crippen molar-refractivity contribution >= 4 is 17.5 Å². The molecule has 2 nitrogen and oxygen atoms in total. The highest BCUT2D eigenvalue weighted by Crippen LogP contribution is 2.22. The molecule has 1 saturated carbocycles. The summed E-state index contributed by atoms with van der Waals surface area (Å²) in [6, 6.07) is 0.211. The molecular formula is C8H14ClNO. The van der Waals surface area contributed by atoms with E-state index in [-0.39, 0.29) is 17.3 Å². The predicted octanol–water partition coefficient (Wildman–Crippen LogP) is 1.67. The molecule has 0 unspecified atom stereocenters. The summed E-state index contributed by atoms with van der Waals surface area (Å²) < 4.78 is 0. The van der Waals surface area contributed by atoms with Crippen molar-refractivity contribution in [1.82, 2.24) is 5.32 Å². The number of amides is 1. The van der Waals surface area contributed by atoms with Crippen molar-refractivity contribution in [2.75, 3.05) is 0 Å². The minimum Gasteiger partial charge on any atom is -0.352 e. The van der Waals surface area contributed by atoms with Gasteiger partial charge in [-0.05, 0) is 12.8 Å². The lowest BCUT2D eigenvalue weighted by atomic mass is 9.95. The highest BCUT2D eigenvalue weighted by atomic mass is 35.5. The van der Waals surface area contributed by atoms with Crippen LogP contribution in [0.5, 0.6) is 0 Å². The topological polar surface area (TPSA) is 29.1 Å². The Labute approximate surface area is 72.3 Å². The zero-order valence-electron chi connectivity index (χ0n) is 6.77. The molecule has 0 bridgehead atoms. The first-order valence-corrected chi connectivity index (χ1v) is 4.55. The predicted molar refractivity (Wildman–Crippen MR) is 45.7 cm³/mol. The molecule has 0 radical (unpaired) electrons. The van der Waals surface area contributed by atoms with Crippen LogP contribution in [0.25, 0.3) is 0 Å². The van der Waals surface area contributed by atoms with Gasteiger partial charge >= 0.3 is 0 Å². The standard InChI is InChI=1S/C8H14ClNO/c1-6(11)10-8-5-3-2-4-7(8)9/h7-8H,2-5H2,1H3,(H,10,11)/t7-,8+/m1/s1. The van der Waals surface area contributed by atoms with E-state index in [1.165, 1.54) is 19.8 Å². The number of hydrogen-bond acceptors (Lipinski definition) is 1. The van der Waals surface area contributed by atoms with E-state index >= 15 is 0 Å². The molecule has 1 aliphatic carbocycles. The molecule has 0 aromatic heterocycles. The third-order valence-electron chi connectivity index (χ3n) is 2.07. The minimum absolute atomic E-state index is 0.0301. The van der Waals surface area contributed by atoms with E-state index in [1.54, 1.807) is 0 Å². The molecule has 0 aliphatic heterocycles. The quantitative estimate of drug-likeness (QED) is 0.604. The Hall–Kier alpha value is -0.240. The number of nitrogens with one attached hydrogen (secondary N) is 1. The Bertz CT molecular complexity index is 149. The Kier molecular flexibility index (Phi) is 3.18. The number of carbonyl (C=O) groups excluding carboxylic acids is 1. The van der Waals surface area contributed by atoms with E-state index in [1.807, 2.05) is 0 Å². The molecule has 0 aromatic rings. The summed E-state index contributed by atoms with van der Waals surface area (Å²) in [5.41, 5.74) is 0. The number of hydrogen-bond donors (Lipinski definition) is 1. The van der Waals surface area contributed by atoms with Crippen molar-refractivity contribution in [3.05, 3.63) is 0 Å². The molecule has 0 aromatic carbocycles. The van der Waals surface area contributed by atoms with Gasteiger partial charge in [-0.3, -0.25) is 4.79 Å². The first-order chi connectivity index (χ1) is 5.20.